The van der Waals surface area contributed by atoms with Crippen LogP contribution in [0.5, 0.6) is 0 Å². The second kappa shape index (κ2) is 6.87. The number of ketones is 1. The fraction of sp³-hybridized carbons (Fsp3) is 0.167. The predicted octanol–water partition coefficient (Wildman–Crippen LogP) is 3.35. The average Bonchev–Trinajstić information content (AvgIpc) is 2.54. The number of carbonyl (C=O) groups excluding carboxylic acids is 1. The molecular formula is C18H16O5. The summed E-state index contributed by atoms with van der Waals surface area (Å²) >= 11 is 0. The summed E-state index contributed by atoms with van der Waals surface area (Å²) in [4.78, 5) is 34.0. The second-order valence-electron chi connectivity index (χ2n) is 5.33. The van der Waals surface area contributed by atoms with E-state index in [2.05, 4.69) is 0 Å². The van der Waals surface area contributed by atoms with Crippen LogP contribution < -0.4 is 0 Å². The van der Waals surface area contributed by atoms with Gasteiger partial charge in [0, 0.05) is 12.0 Å². The molecule has 2 aromatic rings. The Kier molecular flexibility index (Phi) is 4.91. The van der Waals surface area contributed by atoms with E-state index in [1.54, 1.807) is 36.4 Å². The van der Waals surface area contributed by atoms with E-state index in [1.807, 2.05) is 0 Å². The molecule has 1 unspecified atom stereocenters. The highest BCUT2D eigenvalue weighted by molar-refractivity contribution is 5.99. The quantitative estimate of drug-likeness (QED) is 0.798. The summed E-state index contributed by atoms with van der Waals surface area (Å²) in [6.07, 6.45) is -0.0754. The first-order chi connectivity index (χ1) is 10.9. The molecule has 0 saturated carbocycles. The molecule has 2 rings (SSSR count). The number of carboxylic acid groups (broad SMARTS) is 2. The first-order valence-corrected chi connectivity index (χ1v) is 7.08. The monoisotopic (exact) mass is 312 g/mol. The fourth-order valence-electron chi connectivity index (χ4n) is 2.19. The highest BCUT2D eigenvalue weighted by Crippen LogP contribution is 2.23. The minimum Gasteiger partial charge on any atom is -0.481 e. The summed E-state index contributed by atoms with van der Waals surface area (Å²) in [6.45, 7) is 1.49. The van der Waals surface area contributed by atoms with Crippen molar-refractivity contribution < 1.29 is 24.6 Å². The van der Waals surface area contributed by atoms with Crippen LogP contribution in [0.3, 0.4) is 0 Å². The molecule has 0 radical (unpaired) electrons. The molecule has 0 aliphatic heterocycles. The van der Waals surface area contributed by atoms with Gasteiger partial charge in [0.2, 0.25) is 0 Å². The predicted molar refractivity (Wildman–Crippen MR) is 84.6 cm³/mol. The van der Waals surface area contributed by atoms with E-state index in [-0.39, 0.29) is 17.8 Å². The third kappa shape index (κ3) is 4.03. The van der Waals surface area contributed by atoms with E-state index in [9.17, 15) is 14.4 Å². The summed E-state index contributed by atoms with van der Waals surface area (Å²) < 4.78 is 0. The maximum atomic E-state index is 12.2. The Hall–Kier alpha value is -2.95. The molecular weight excluding hydrogens is 296 g/mol. The van der Waals surface area contributed by atoms with Crippen molar-refractivity contribution in [1.82, 2.24) is 0 Å². The number of Topliss-reactive ketones (excluding diaryl/α,β-unsaturated/α-hetero) is 1. The molecule has 2 aromatic carbocycles. The van der Waals surface area contributed by atoms with Crippen LogP contribution in [0.2, 0.25) is 0 Å². The van der Waals surface area contributed by atoms with Crippen LogP contribution in [0.25, 0.3) is 11.1 Å². The standard InChI is InChI=1S/C18H16O5/c1-11(17(20)21)8-16(19)14-6-2-4-12(9-14)13-5-3-7-15(10-13)18(22)23/h2-7,9-11H,8H2,1H3,(H,20,21)(H,22,23). The maximum absolute atomic E-state index is 12.2. The normalized spacial score (nSPS) is 11.7. The third-order valence-corrected chi connectivity index (χ3v) is 3.54. The minimum atomic E-state index is -1.02. The average molecular weight is 312 g/mol. The van der Waals surface area contributed by atoms with Gasteiger partial charge >= 0.3 is 11.9 Å². The van der Waals surface area contributed by atoms with Crippen LogP contribution in [0.15, 0.2) is 48.5 Å². The molecule has 0 spiro atoms. The highest BCUT2D eigenvalue weighted by Gasteiger charge is 2.17. The molecule has 5 nitrogen and oxygen atoms in total. The Balaban J connectivity index is 2.29. The lowest BCUT2D eigenvalue weighted by atomic mass is 9.96. The van der Waals surface area contributed by atoms with E-state index in [0.29, 0.717) is 16.7 Å². The van der Waals surface area contributed by atoms with Crippen molar-refractivity contribution >= 4 is 17.7 Å². The maximum Gasteiger partial charge on any atom is 0.335 e. The summed E-state index contributed by atoms with van der Waals surface area (Å²) in [5.41, 5.74) is 1.97. The van der Waals surface area contributed by atoms with Gasteiger partial charge in [-0.2, -0.15) is 0 Å². The van der Waals surface area contributed by atoms with Crippen LogP contribution in [-0.4, -0.2) is 27.9 Å². The molecule has 0 saturated heterocycles. The van der Waals surface area contributed by atoms with Crippen molar-refractivity contribution in [2.75, 3.05) is 0 Å². The zero-order valence-corrected chi connectivity index (χ0v) is 12.5. The van der Waals surface area contributed by atoms with Gasteiger partial charge in [-0.1, -0.05) is 37.3 Å². The van der Waals surface area contributed by atoms with Crippen molar-refractivity contribution in [1.29, 1.82) is 0 Å². The van der Waals surface area contributed by atoms with Gasteiger partial charge in [-0.05, 0) is 29.3 Å². The topological polar surface area (TPSA) is 91.7 Å². The highest BCUT2D eigenvalue weighted by atomic mass is 16.4. The van der Waals surface area contributed by atoms with Crippen LogP contribution >= 0.6 is 0 Å². The molecule has 0 bridgehead atoms. The molecule has 5 heteroatoms. The Bertz CT molecular complexity index is 764. The number of rotatable bonds is 6. The van der Waals surface area contributed by atoms with Crippen molar-refractivity contribution in [3.05, 3.63) is 59.7 Å². The molecule has 23 heavy (non-hydrogen) atoms. The molecule has 0 aliphatic carbocycles. The molecule has 0 amide bonds. The van der Waals surface area contributed by atoms with Crippen molar-refractivity contribution in [3.63, 3.8) is 0 Å². The van der Waals surface area contributed by atoms with Crippen LogP contribution in [-0.2, 0) is 4.79 Å². The molecule has 0 fully saturated rings. The molecule has 0 aliphatic rings. The Morgan fingerprint density at radius 3 is 1.96 bits per heavy atom. The van der Waals surface area contributed by atoms with E-state index in [1.165, 1.54) is 19.1 Å². The van der Waals surface area contributed by atoms with Crippen LogP contribution in [0, 0.1) is 5.92 Å². The minimum absolute atomic E-state index is 0.0754. The zero-order valence-electron chi connectivity index (χ0n) is 12.5. The SMILES string of the molecule is CC(CC(=O)c1cccc(-c2cccc(C(=O)O)c2)c1)C(=O)O. The van der Waals surface area contributed by atoms with Gasteiger partial charge in [-0.15, -0.1) is 0 Å². The van der Waals surface area contributed by atoms with E-state index in [4.69, 9.17) is 10.2 Å². The number of hydrogen-bond donors (Lipinski definition) is 2. The second-order valence-corrected chi connectivity index (χ2v) is 5.33. The zero-order chi connectivity index (χ0) is 17.0. The van der Waals surface area contributed by atoms with Crippen molar-refractivity contribution in [2.45, 2.75) is 13.3 Å². The molecule has 0 aromatic heterocycles. The lowest BCUT2D eigenvalue weighted by Gasteiger charge is -2.08. The first-order valence-electron chi connectivity index (χ1n) is 7.08. The molecule has 118 valence electrons. The largest absolute Gasteiger partial charge is 0.481 e. The van der Waals surface area contributed by atoms with Gasteiger partial charge in [0.1, 0.15) is 0 Å². The van der Waals surface area contributed by atoms with Crippen LogP contribution in [0.1, 0.15) is 34.1 Å². The molecule has 0 heterocycles. The van der Waals surface area contributed by atoms with Gasteiger partial charge in [0.25, 0.3) is 0 Å². The van der Waals surface area contributed by atoms with Gasteiger partial charge in [0.05, 0.1) is 11.5 Å². The number of carbonyl (C=O) groups is 3. The first kappa shape index (κ1) is 16.4. The van der Waals surface area contributed by atoms with Gasteiger partial charge in [-0.3, -0.25) is 9.59 Å². The van der Waals surface area contributed by atoms with Gasteiger partial charge in [0.15, 0.2) is 5.78 Å². The fourth-order valence-corrected chi connectivity index (χ4v) is 2.19. The van der Waals surface area contributed by atoms with E-state index in [0.717, 1.165) is 0 Å². The number of aliphatic carboxylic acids is 1. The number of aromatic carboxylic acids is 1. The lowest BCUT2D eigenvalue weighted by molar-refractivity contribution is -0.141. The van der Waals surface area contributed by atoms with E-state index < -0.39 is 17.9 Å². The summed E-state index contributed by atoms with van der Waals surface area (Å²) in [5.74, 6) is -3.03. The summed E-state index contributed by atoms with van der Waals surface area (Å²) in [7, 11) is 0. The third-order valence-electron chi connectivity index (χ3n) is 3.54. The molecule has 1 atom stereocenters. The summed E-state index contributed by atoms with van der Waals surface area (Å²) in [6, 6.07) is 13.2. The van der Waals surface area contributed by atoms with Crippen LogP contribution in [0.4, 0.5) is 0 Å². The van der Waals surface area contributed by atoms with E-state index >= 15 is 0 Å². The van der Waals surface area contributed by atoms with Crippen molar-refractivity contribution in [2.24, 2.45) is 5.92 Å². The number of carboxylic acids is 2. The lowest BCUT2D eigenvalue weighted by Crippen LogP contribution is -2.14. The smallest absolute Gasteiger partial charge is 0.335 e. The Morgan fingerprint density at radius 2 is 1.43 bits per heavy atom. The Labute approximate surface area is 133 Å². The number of benzene rings is 2. The van der Waals surface area contributed by atoms with Gasteiger partial charge in [-0.25, -0.2) is 4.79 Å². The summed E-state index contributed by atoms with van der Waals surface area (Å²) in [5, 5.41) is 17.9. The Morgan fingerprint density at radius 1 is 0.913 bits per heavy atom. The molecule has 2 N–H and O–H groups in total. The number of hydrogen-bond acceptors (Lipinski definition) is 3. The van der Waals surface area contributed by atoms with Gasteiger partial charge < -0.3 is 10.2 Å². The van der Waals surface area contributed by atoms with Crippen molar-refractivity contribution in [3.8, 4) is 11.1 Å².